The number of rotatable bonds is 6. The molecule has 4 heteroatoms. The van der Waals surface area contributed by atoms with Gasteiger partial charge in [-0.25, -0.2) is 0 Å². The van der Waals surface area contributed by atoms with E-state index in [2.05, 4.69) is 67.2 Å². The fourth-order valence-corrected chi connectivity index (χ4v) is 8.90. The predicted octanol–water partition coefficient (Wildman–Crippen LogP) is 6.54. The van der Waals surface area contributed by atoms with E-state index in [0.29, 0.717) is 31.1 Å². The van der Waals surface area contributed by atoms with Crippen molar-refractivity contribution in [2.75, 3.05) is 0 Å². The van der Waals surface area contributed by atoms with E-state index in [0.717, 1.165) is 31.3 Å². The third kappa shape index (κ3) is 3.72. The van der Waals surface area contributed by atoms with Crippen molar-refractivity contribution in [3.05, 3.63) is 35.5 Å². The van der Waals surface area contributed by atoms with Gasteiger partial charge in [0.1, 0.15) is 0 Å². The van der Waals surface area contributed by atoms with Gasteiger partial charge in [-0.2, -0.15) is 0 Å². The second-order valence-electron chi connectivity index (χ2n) is 13.9. The first kappa shape index (κ1) is 26.7. The number of carboxylic acid groups (broad SMARTS) is 1. The van der Waals surface area contributed by atoms with Crippen molar-refractivity contribution in [1.29, 1.82) is 0 Å². The number of hydrogen-bond acceptors (Lipinski definition) is 3. The lowest BCUT2D eigenvalue weighted by Gasteiger charge is -2.61. The molecule has 2 saturated carbocycles. The van der Waals surface area contributed by atoms with Crippen LogP contribution in [0.4, 0.5) is 0 Å². The Morgan fingerprint density at radius 2 is 1.77 bits per heavy atom. The SMILES string of the molecule is C=C(CCC(C(=O)O)C1C(O)C[C@@]2(C)C3=CCC4C(C)(C)C(O)CC[C@]4(C)C3=CC[C@]12C)C(C)C. The normalized spacial score (nSPS) is 42.9. The summed E-state index contributed by atoms with van der Waals surface area (Å²) in [5, 5.41) is 32.6. The smallest absolute Gasteiger partial charge is 0.306 e. The van der Waals surface area contributed by atoms with E-state index in [1.165, 1.54) is 11.1 Å². The van der Waals surface area contributed by atoms with Gasteiger partial charge in [0.05, 0.1) is 18.1 Å². The maximum atomic E-state index is 12.6. The van der Waals surface area contributed by atoms with Crippen LogP contribution in [-0.2, 0) is 4.79 Å². The second-order valence-corrected chi connectivity index (χ2v) is 13.9. The summed E-state index contributed by atoms with van der Waals surface area (Å²) in [6.45, 7) is 19.7. The lowest BCUT2D eigenvalue weighted by molar-refractivity contribution is -0.148. The average molecular weight is 485 g/mol. The quantitative estimate of drug-likeness (QED) is 0.374. The predicted molar refractivity (Wildman–Crippen MR) is 141 cm³/mol. The van der Waals surface area contributed by atoms with Crippen molar-refractivity contribution < 1.29 is 20.1 Å². The van der Waals surface area contributed by atoms with Crippen LogP contribution in [0.25, 0.3) is 0 Å². The largest absolute Gasteiger partial charge is 0.481 e. The lowest BCUT2D eigenvalue weighted by Crippen LogP contribution is -2.54. The zero-order valence-corrected chi connectivity index (χ0v) is 23.0. The van der Waals surface area contributed by atoms with Crippen molar-refractivity contribution in [2.45, 2.75) is 106 Å². The summed E-state index contributed by atoms with van der Waals surface area (Å²) in [6.07, 6.45) is 9.19. The first-order valence-electron chi connectivity index (χ1n) is 13.8. The van der Waals surface area contributed by atoms with Gasteiger partial charge in [0, 0.05) is 11.3 Å². The Balaban J connectivity index is 1.72. The molecule has 196 valence electrons. The summed E-state index contributed by atoms with van der Waals surface area (Å²) in [7, 11) is 0. The molecule has 0 aromatic carbocycles. The highest BCUT2D eigenvalue weighted by molar-refractivity contribution is 5.71. The maximum absolute atomic E-state index is 12.6. The third-order valence-electron chi connectivity index (χ3n) is 11.6. The van der Waals surface area contributed by atoms with E-state index in [-0.39, 0.29) is 33.7 Å². The standard InChI is InChI=1S/C31H48O4/c1-18(2)19(3)9-10-20(27(34)35)26-23(32)17-31(8)22-11-12-24-28(4,5)25(33)14-15-29(24,6)21(22)13-16-30(26,31)7/h11,13,18,20,23-26,32-33H,3,9-10,12,14-17H2,1-2,4-8H3,(H,34,35)/t20?,23?,24?,25?,26?,29-,30-,31+/m1/s1. The number of carbonyl (C=O) groups is 1. The highest BCUT2D eigenvalue weighted by Gasteiger charge is 2.66. The molecule has 4 rings (SSSR count). The molecule has 4 aliphatic rings. The molecule has 0 aliphatic heterocycles. The second kappa shape index (κ2) is 8.58. The van der Waals surface area contributed by atoms with Gasteiger partial charge in [-0.1, -0.05) is 72.8 Å². The monoisotopic (exact) mass is 484 g/mol. The Kier molecular flexibility index (Phi) is 6.54. The van der Waals surface area contributed by atoms with Gasteiger partial charge in [0.2, 0.25) is 0 Å². The summed E-state index contributed by atoms with van der Waals surface area (Å²) in [5.74, 6) is -0.966. The molecule has 2 fully saturated rings. The topological polar surface area (TPSA) is 77.8 Å². The van der Waals surface area contributed by atoms with Crippen molar-refractivity contribution in [1.82, 2.24) is 0 Å². The van der Waals surface area contributed by atoms with Crippen LogP contribution in [0.1, 0.15) is 93.4 Å². The van der Waals surface area contributed by atoms with Gasteiger partial charge >= 0.3 is 5.97 Å². The summed E-state index contributed by atoms with van der Waals surface area (Å²) in [5.41, 5.74) is 3.09. The van der Waals surface area contributed by atoms with Gasteiger partial charge in [-0.3, -0.25) is 4.79 Å². The molecule has 0 heterocycles. The van der Waals surface area contributed by atoms with Crippen molar-refractivity contribution in [3.8, 4) is 0 Å². The molecule has 35 heavy (non-hydrogen) atoms. The Bertz CT molecular complexity index is 957. The van der Waals surface area contributed by atoms with Crippen molar-refractivity contribution in [3.63, 3.8) is 0 Å². The van der Waals surface area contributed by atoms with Crippen molar-refractivity contribution >= 4 is 5.97 Å². The molecule has 0 radical (unpaired) electrons. The van der Waals surface area contributed by atoms with E-state index < -0.39 is 18.0 Å². The number of hydrogen-bond donors (Lipinski definition) is 3. The minimum Gasteiger partial charge on any atom is -0.481 e. The van der Waals surface area contributed by atoms with Crippen LogP contribution in [0.3, 0.4) is 0 Å². The summed E-state index contributed by atoms with van der Waals surface area (Å²) >= 11 is 0. The average Bonchev–Trinajstić information content (AvgIpc) is 2.97. The minimum absolute atomic E-state index is 0.00139. The number of aliphatic hydroxyl groups is 2. The number of aliphatic carboxylic acids is 1. The van der Waals surface area contributed by atoms with Crippen molar-refractivity contribution in [2.24, 2.45) is 45.3 Å². The first-order valence-corrected chi connectivity index (χ1v) is 13.8. The van der Waals surface area contributed by atoms with E-state index in [1.807, 2.05) is 0 Å². The molecule has 3 N–H and O–H groups in total. The maximum Gasteiger partial charge on any atom is 0.306 e. The van der Waals surface area contributed by atoms with E-state index in [4.69, 9.17) is 0 Å². The van der Waals surface area contributed by atoms with Crippen LogP contribution in [0.5, 0.6) is 0 Å². The van der Waals surface area contributed by atoms with Gasteiger partial charge in [0.15, 0.2) is 0 Å². The van der Waals surface area contributed by atoms with Crippen LogP contribution < -0.4 is 0 Å². The lowest BCUT2D eigenvalue weighted by atomic mass is 9.44. The van der Waals surface area contributed by atoms with Crippen LogP contribution >= 0.6 is 0 Å². The van der Waals surface area contributed by atoms with E-state index >= 15 is 0 Å². The van der Waals surface area contributed by atoms with Gasteiger partial charge in [-0.15, -0.1) is 0 Å². The Labute approximate surface area is 212 Å². The molecule has 0 saturated heterocycles. The zero-order chi connectivity index (χ0) is 26.1. The highest BCUT2D eigenvalue weighted by Crippen LogP contribution is 2.71. The highest BCUT2D eigenvalue weighted by atomic mass is 16.4. The number of carboxylic acids is 1. The third-order valence-corrected chi connectivity index (χ3v) is 11.6. The summed E-state index contributed by atoms with van der Waals surface area (Å²) in [4.78, 5) is 12.6. The van der Waals surface area contributed by atoms with E-state index in [9.17, 15) is 20.1 Å². The van der Waals surface area contributed by atoms with Gasteiger partial charge in [-0.05, 0) is 84.2 Å². The van der Waals surface area contributed by atoms with Crippen LogP contribution in [-0.4, -0.2) is 33.5 Å². The van der Waals surface area contributed by atoms with Gasteiger partial charge < -0.3 is 15.3 Å². The molecule has 4 nitrogen and oxygen atoms in total. The fourth-order valence-electron chi connectivity index (χ4n) is 8.90. The molecular formula is C31H48O4. The molecule has 0 bridgehead atoms. The Morgan fingerprint density at radius 3 is 2.37 bits per heavy atom. The Hall–Kier alpha value is -1.39. The molecule has 0 aromatic rings. The van der Waals surface area contributed by atoms with Crippen LogP contribution in [0.15, 0.2) is 35.5 Å². The molecule has 0 spiro atoms. The van der Waals surface area contributed by atoms with Crippen LogP contribution in [0, 0.1) is 45.3 Å². The number of allylic oxidation sites excluding steroid dienone is 5. The minimum atomic E-state index is -0.793. The van der Waals surface area contributed by atoms with E-state index in [1.54, 1.807) is 0 Å². The Morgan fingerprint density at radius 1 is 1.11 bits per heavy atom. The summed E-state index contributed by atoms with van der Waals surface area (Å²) < 4.78 is 0. The number of aliphatic hydroxyl groups excluding tert-OH is 2. The van der Waals surface area contributed by atoms with Crippen LogP contribution in [0.2, 0.25) is 0 Å². The summed E-state index contributed by atoms with van der Waals surface area (Å²) in [6, 6.07) is 0. The molecule has 5 unspecified atom stereocenters. The molecule has 0 aromatic heterocycles. The molecule has 0 amide bonds. The molecular weight excluding hydrogens is 436 g/mol. The first-order chi connectivity index (χ1) is 16.1. The fraction of sp³-hybridized carbons (Fsp3) is 0.774. The molecule has 4 aliphatic carbocycles. The van der Waals surface area contributed by atoms with Gasteiger partial charge in [0.25, 0.3) is 0 Å². The molecule has 8 atom stereocenters. The zero-order valence-electron chi connectivity index (χ0n) is 23.0. The number of fused-ring (bicyclic) bond motifs is 5.